The van der Waals surface area contributed by atoms with Crippen molar-refractivity contribution in [2.45, 2.75) is 45.8 Å². The Morgan fingerprint density at radius 3 is 2.55 bits per heavy atom. The van der Waals surface area contributed by atoms with Crippen molar-refractivity contribution in [3.8, 4) is 0 Å². The van der Waals surface area contributed by atoms with Crippen molar-refractivity contribution >= 4 is 17.4 Å². The number of amides is 1. The van der Waals surface area contributed by atoms with Crippen molar-refractivity contribution in [1.82, 2.24) is 14.7 Å². The molecule has 7 nitrogen and oxygen atoms in total. The number of likely N-dealkylation sites (N-methyl/N-ethyl adjacent to an activating group) is 1. The van der Waals surface area contributed by atoms with Crippen molar-refractivity contribution in [2.75, 3.05) is 20.1 Å². The number of likely N-dealkylation sites (tertiary alicyclic amines) is 1. The molecule has 0 aromatic carbocycles. The van der Waals surface area contributed by atoms with Crippen LogP contribution in [0.3, 0.4) is 0 Å². The average Bonchev–Trinajstić information content (AvgIpc) is 2.53. The quantitative estimate of drug-likeness (QED) is 0.602. The molecule has 0 spiro atoms. The summed E-state index contributed by atoms with van der Waals surface area (Å²) in [6, 6.07) is 0.147. The van der Waals surface area contributed by atoms with E-state index in [1.165, 1.54) is 0 Å². The Bertz CT molecular complexity index is 372. The second kappa shape index (κ2) is 6.84. The molecule has 1 aliphatic rings. The van der Waals surface area contributed by atoms with Gasteiger partial charge >= 0.3 is 6.09 Å². The van der Waals surface area contributed by atoms with E-state index >= 15 is 0 Å². The number of nitrogens with zero attached hydrogens (tertiary/aromatic N) is 2. The number of hydrazine groups is 1. The lowest BCUT2D eigenvalue weighted by Crippen LogP contribution is -2.51. The van der Waals surface area contributed by atoms with Gasteiger partial charge in [-0.05, 0) is 40.2 Å². The van der Waals surface area contributed by atoms with Gasteiger partial charge in [-0.25, -0.2) is 14.0 Å². The molecule has 1 rings (SSSR count). The van der Waals surface area contributed by atoms with Gasteiger partial charge in [-0.2, -0.15) is 0 Å². The molecule has 8 heteroatoms. The molecule has 0 saturated carbocycles. The Hall–Kier alpha value is -0.700. The van der Waals surface area contributed by atoms with Crippen LogP contribution in [0.1, 0.15) is 34.1 Å². The first-order valence-electron chi connectivity index (χ1n) is 6.66. The molecular weight excluding hydrogens is 282 g/mol. The van der Waals surface area contributed by atoms with Crippen LogP contribution in [0.15, 0.2) is 0 Å². The normalized spacial score (nSPS) is 25.5. The van der Waals surface area contributed by atoms with E-state index in [4.69, 9.17) is 9.29 Å². The Balaban J connectivity index is 2.69. The number of ether oxygens (including phenoxy) is 1. The minimum Gasteiger partial charge on any atom is -0.443 e. The van der Waals surface area contributed by atoms with Crippen molar-refractivity contribution in [3.05, 3.63) is 0 Å². The summed E-state index contributed by atoms with van der Waals surface area (Å²) in [5, 5.41) is 1.08. The minimum atomic E-state index is -2.31. The summed E-state index contributed by atoms with van der Waals surface area (Å²) < 4.78 is 25.1. The van der Waals surface area contributed by atoms with Crippen molar-refractivity contribution < 1.29 is 18.3 Å². The Morgan fingerprint density at radius 2 is 2.15 bits per heavy atom. The fraction of sp³-hybridized carbons (Fsp3) is 0.917. The van der Waals surface area contributed by atoms with E-state index in [1.54, 1.807) is 20.8 Å². The third kappa shape index (κ3) is 5.74. The standard InChI is InChI=1S/C12H25N3O4S/c1-9-6-10(14(5)7-9)8-15(13-20(17)18)11(16)19-12(2,3)4/h9-10,13H,6-8H2,1-5H3,(H,17,18)/t9-,10-/m0/s1. The second-order valence-electron chi connectivity index (χ2n) is 6.37. The monoisotopic (exact) mass is 307 g/mol. The predicted octanol–water partition coefficient (Wildman–Crippen LogP) is 1.20. The Labute approximate surface area is 123 Å². The molecule has 2 N–H and O–H groups in total. The molecule has 1 unspecified atom stereocenters. The first-order chi connectivity index (χ1) is 9.08. The van der Waals surface area contributed by atoms with Crippen molar-refractivity contribution in [2.24, 2.45) is 5.92 Å². The fourth-order valence-electron chi connectivity index (χ4n) is 2.34. The number of carbonyl (C=O) groups is 1. The van der Waals surface area contributed by atoms with Gasteiger partial charge in [0.2, 0.25) is 0 Å². The van der Waals surface area contributed by atoms with E-state index in [2.05, 4.69) is 16.7 Å². The van der Waals surface area contributed by atoms with Gasteiger partial charge in [-0.3, -0.25) is 4.55 Å². The number of carbonyl (C=O) groups excluding carboxylic acids is 1. The third-order valence-electron chi connectivity index (χ3n) is 3.09. The molecular formula is C12H25N3O4S. The van der Waals surface area contributed by atoms with Gasteiger partial charge in [0.15, 0.2) is 0 Å². The highest BCUT2D eigenvalue weighted by molar-refractivity contribution is 7.77. The first kappa shape index (κ1) is 17.4. The van der Waals surface area contributed by atoms with Gasteiger partial charge in [0.25, 0.3) is 11.3 Å². The van der Waals surface area contributed by atoms with E-state index in [0.717, 1.165) is 18.0 Å². The zero-order chi connectivity index (χ0) is 15.5. The van der Waals surface area contributed by atoms with Gasteiger partial charge in [-0.15, -0.1) is 4.83 Å². The third-order valence-corrected chi connectivity index (χ3v) is 3.47. The molecule has 1 saturated heterocycles. The van der Waals surface area contributed by atoms with E-state index in [9.17, 15) is 9.00 Å². The van der Waals surface area contributed by atoms with Crippen molar-refractivity contribution in [3.63, 3.8) is 0 Å². The molecule has 0 aromatic heterocycles. The summed E-state index contributed by atoms with van der Waals surface area (Å²) in [4.78, 5) is 16.4. The zero-order valence-corrected chi connectivity index (χ0v) is 13.6. The molecule has 1 heterocycles. The van der Waals surface area contributed by atoms with Crippen LogP contribution in [0.25, 0.3) is 0 Å². The van der Waals surface area contributed by atoms with Crippen LogP contribution in [0.4, 0.5) is 4.79 Å². The number of hydrogen-bond donors (Lipinski definition) is 2. The molecule has 0 bridgehead atoms. The first-order valence-corrected chi connectivity index (χ1v) is 7.77. The maximum Gasteiger partial charge on any atom is 0.425 e. The van der Waals surface area contributed by atoms with Crippen LogP contribution in [-0.4, -0.2) is 56.5 Å². The van der Waals surface area contributed by atoms with Gasteiger partial charge in [0.05, 0.1) is 6.54 Å². The summed E-state index contributed by atoms with van der Waals surface area (Å²) in [6.45, 7) is 8.66. The highest BCUT2D eigenvalue weighted by atomic mass is 32.2. The maximum atomic E-state index is 12.0. The molecule has 118 valence electrons. The molecule has 3 atom stereocenters. The highest BCUT2D eigenvalue weighted by Gasteiger charge is 2.32. The summed E-state index contributed by atoms with van der Waals surface area (Å²) in [6.07, 6.45) is 0.295. The van der Waals surface area contributed by atoms with Crippen LogP contribution in [-0.2, 0) is 16.0 Å². The lowest BCUT2D eigenvalue weighted by molar-refractivity contribution is 0.0158. The average molecular weight is 307 g/mol. The van der Waals surface area contributed by atoms with E-state index in [1.807, 2.05) is 7.05 Å². The van der Waals surface area contributed by atoms with E-state index in [0.29, 0.717) is 12.5 Å². The zero-order valence-electron chi connectivity index (χ0n) is 12.8. The van der Waals surface area contributed by atoms with Gasteiger partial charge < -0.3 is 9.64 Å². The van der Waals surface area contributed by atoms with Gasteiger partial charge in [0.1, 0.15) is 5.60 Å². The molecule has 0 radical (unpaired) electrons. The summed E-state index contributed by atoms with van der Waals surface area (Å²) in [5.74, 6) is 0.546. The number of rotatable bonds is 4. The summed E-state index contributed by atoms with van der Waals surface area (Å²) >= 11 is -2.31. The van der Waals surface area contributed by atoms with Gasteiger partial charge in [0, 0.05) is 12.6 Å². The van der Waals surface area contributed by atoms with Crippen LogP contribution in [0.5, 0.6) is 0 Å². The van der Waals surface area contributed by atoms with E-state index in [-0.39, 0.29) is 6.04 Å². The predicted molar refractivity (Wildman–Crippen MR) is 77.0 cm³/mol. The Morgan fingerprint density at radius 1 is 1.55 bits per heavy atom. The topological polar surface area (TPSA) is 82.1 Å². The van der Waals surface area contributed by atoms with E-state index < -0.39 is 23.0 Å². The molecule has 0 aromatic rings. The van der Waals surface area contributed by atoms with Crippen LogP contribution < -0.4 is 4.83 Å². The molecule has 1 amide bonds. The molecule has 20 heavy (non-hydrogen) atoms. The fourth-order valence-corrected chi connectivity index (χ4v) is 2.68. The maximum absolute atomic E-state index is 12.0. The van der Waals surface area contributed by atoms with Crippen LogP contribution in [0.2, 0.25) is 0 Å². The second-order valence-corrected chi connectivity index (χ2v) is 7.05. The van der Waals surface area contributed by atoms with Gasteiger partial charge in [-0.1, -0.05) is 6.92 Å². The smallest absolute Gasteiger partial charge is 0.425 e. The number of nitrogens with one attached hydrogen (secondary N) is 1. The molecule has 1 aliphatic heterocycles. The van der Waals surface area contributed by atoms with Crippen LogP contribution >= 0.6 is 0 Å². The Kier molecular flexibility index (Phi) is 5.93. The largest absolute Gasteiger partial charge is 0.443 e. The van der Waals surface area contributed by atoms with Crippen molar-refractivity contribution in [1.29, 1.82) is 0 Å². The summed E-state index contributed by atoms with van der Waals surface area (Å²) in [7, 11) is 1.98. The number of hydrogen-bond acceptors (Lipinski definition) is 4. The molecule has 1 fully saturated rings. The SMILES string of the molecule is C[C@H]1C[C@@H](CN(NS(=O)O)C(=O)OC(C)(C)C)N(C)C1. The molecule has 0 aliphatic carbocycles. The lowest BCUT2D eigenvalue weighted by atomic mass is 10.1. The minimum absolute atomic E-state index is 0.147. The summed E-state index contributed by atoms with van der Waals surface area (Å²) in [5.41, 5.74) is -0.650. The lowest BCUT2D eigenvalue weighted by Gasteiger charge is -2.30. The highest BCUT2D eigenvalue weighted by Crippen LogP contribution is 2.22. The van der Waals surface area contributed by atoms with Crippen LogP contribution in [0, 0.1) is 5.92 Å².